The van der Waals surface area contributed by atoms with Crippen molar-refractivity contribution in [3.8, 4) is 0 Å². The van der Waals surface area contributed by atoms with E-state index in [-0.39, 0.29) is 6.61 Å². The van der Waals surface area contributed by atoms with Gasteiger partial charge in [-0.05, 0) is 18.6 Å². The van der Waals surface area contributed by atoms with Gasteiger partial charge in [-0.3, -0.25) is 0 Å². The van der Waals surface area contributed by atoms with Gasteiger partial charge < -0.3 is 19.4 Å². The summed E-state index contributed by atoms with van der Waals surface area (Å²) >= 11 is 0. The first-order chi connectivity index (χ1) is 9.53. The first-order valence-electron chi connectivity index (χ1n) is 6.51. The summed E-state index contributed by atoms with van der Waals surface area (Å²) in [6, 6.07) is 3.90. The molecule has 1 aromatic heterocycles. The maximum Gasteiger partial charge on any atom is 0.411 e. The molecular formula is C13H21F3N2O2. The molecule has 0 aliphatic carbocycles. The molecule has 0 amide bonds. The SMILES string of the molecule is COCCNCc1cccn1CCCOCC(F)(F)F. The molecule has 4 nitrogen and oxygen atoms in total. The molecule has 0 radical (unpaired) electrons. The topological polar surface area (TPSA) is 35.4 Å². The lowest BCUT2D eigenvalue weighted by Crippen LogP contribution is -2.21. The minimum atomic E-state index is -4.25. The minimum absolute atomic E-state index is 0.105. The van der Waals surface area contributed by atoms with Crippen LogP contribution in [0.3, 0.4) is 0 Å². The largest absolute Gasteiger partial charge is 0.411 e. The fourth-order valence-corrected chi connectivity index (χ4v) is 1.74. The summed E-state index contributed by atoms with van der Waals surface area (Å²) in [6.07, 6.45) is -1.78. The molecule has 0 fully saturated rings. The Labute approximate surface area is 116 Å². The van der Waals surface area contributed by atoms with Crippen LogP contribution in [0.1, 0.15) is 12.1 Å². The monoisotopic (exact) mass is 294 g/mol. The second-order valence-corrected chi connectivity index (χ2v) is 4.38. The second-order valence-electron chi connectivity index (χ2n) is 4.38. The molecule has 1 N–H and O–H groups in total. The van der Waals surface area contributed by atoms with Crippen LogP contribution < -0.4 is 5.32 Å². The fraction of sp³-hybridized carbons (Fsp3) is 0.692. The van der Waals surface area contributed by atoms with E-state index in [0.29, 0.717) is 26.1 Å². The summed E-state index contributed by atoms with van der Waals surface area (Å²) in [5, 5.41) is 3.22. The van der Waals surface area contributed by atoms with Gasteiger partial charge in [-0.2, -0.15) is 13.2 Å². The van der Waals surface area contributed by atoms with Gasteiger partial charge in [0.1, 0.15) is 6.61 Å². The normalized spacial score (nSPS) is 12.0. The van der Waals surface area contributed by atoms with Gasteiger partial charge in [0.05, 0.1) is 6.61 Å². The third-order valence-electron chi connectivity index (χ3n) is 2.67. The van der Waals surface area contributed by atoms with Gasteiger partial charge >= 0.3 is 6.18 Å². The van der Waals surface area contributed by atoms with Crippen molar-refractivity contribution in [3.05, 3.63) is 24.0 Å². The number of ether oxygens (including phenoxy) is 2. The van der Waals surface area contributed by atoms with Crippen molar-refractivity contribution in [2.24, 2.45) is 0 Å². The average molecular weight is 294 g/mol. The number of halogens is 3. The number of aryl methyl sites for hydroxylation is 1. The zero-order chi connectivity index (χ0) is 14.8. The summed E-state index contributed by atoms with van der Waals surface area (Å²) in [4.78, 5) is 0. The lowest BCUT2D eigenvalue weighted by molar-refractivity contribution is -0.174. The Morgan fingerprint density at radius 3 is 2.80 bits per heavy atom. The van der Waals surface area contributed by atoms with Gasteiger partial charge in [-0.1, -0.05) is 0 Å². The summed E-state index contributed by atoms with van der Waals surface area (Å²) in [6.45, 7) is 1.69. The van der Waals surface area contributed by atoms with Gasteiger partial charge in [-0.25, -0.2) is 0 Å². The molecule has 0 aromatic carbocycles. The predicted molar refractivity (Wildman–Crippen MR) is 69.5 cm³/mol. The molecular weight excluding hydrogens is 273 g/mol. The maximum absolute atomic E-state index is 11.9. The van der Waals surface area contributed by atoms with Crippen molar-refractivity contribution in [1.29, 1.82) is 0 Å². The van der Waals surface area contributed by atoms with Crippen molar-refractivity contribution in [2.45, 2.75) is 25.7 Å². The quantitative estimate of drug-likeness (QED) is 0.672. The molecule has 1 heterocycles. The van der Waals surface area contributed by atoms with Gasteiger partial charge in [-0.15, -0.1) is 0 Å². The van der Waals surface area contributed by atoms with E-state index in [1.165, 1.54) is 0 Å². The molecule has 0 aliphatic heterocycles. The highest BCUT2D eigenvalue weighted by Crippen LogP contribution is 2.14. The van der Waals surface area contributed by atoms with Crippen molar-refractivity contribution in [1.82, 2.24) is 9.88 Å². The average Bonchev–Trinajstić information content (AvgIpc) is 2.80. The van der Waals surface area contributed by atoms with Crippen molar-refractivity contribution in [2.75, 3.05) is 33.5 Å². The number of hydrogen-bond donors (Lipinski definition) is 1. The third kappa shape index (κ3) is 7.52. The van der Waals surface area contributed by atoms with Crippen LogP contribution >= 0.6 is 0 Å². The van der Waals surface area contributed by atoms with Crippen LogP contribution in [0.5, 0.6) is 0 Å². The van der Waals surface area contributed by atoms with Crippen LogP contribution in [0, 0.1) is 0 Å². The highest BCUT2D eigenvalue weighted by molar-refractivity contribution is 5.06. The molecule has 0 saturated heterocycles. The zero-order valence-electron chi connectivity index (χ0n) is 11.6. The van der Waals surface area contributed by atoms with Crippen LogP contribution in [-0.4, -0.2) is 44.2 Å². The number of rotatable bonds is 10. The van der Waals surface area contributed by atoms with Crippen molar-refractivity contribution in [3.63, 3.8) is 0 Å². The molecule has 0 aliphatic rings. The van der Waals surface area contributed by atoms with Crippen molar-refractivity contribution < 1.29 is 22.6 Å². The molecule has 0 spiro atoms. The van der Waals surface area contributed by atoms with Crippen LogP contribution in [0.15, 0.2) is 18.3 Å². The Morgan fingerprint density at radius 2 is 2.10 bits per heavy atom. The number of hydrogen-bond acceptors (Lipinski definition) is 3. The first kappa shape index (κ1) is 17.0. The number of nitrogens with one attached hydrogen (secondary N) is 1. The summed E-state index contributed by atoms with van der Waals surface area (Å²) in [7, 11) is 1.64. The van der Waals surface area contributed by atoms with E-state index < -0.39 is 12.8 Å². The Kier molecular flexibility index (Phi) is 7.64. The van der Waals surface area contributed by atoms with E-state index in [4.69, 9.17) is 4.74 Å². The molecule has 116 valence electrons. The van der Waals surface area contributed by atoms with Crippen LogP contribution in [0.4, 0.5) is 13.2 Å². The van der Waals surface area contributed by atoms with E-state index in [1.807, 2.05) is 22.9 Å². The summed E-state index contributed by atoms with van der Waals surface area (Å²) < 4.78 is 47.1. The number of aromatic nitrogens is 1. The minimum Gasteiger partial charge on any atom is -0.383 e. The summed E-state index contributed by atoms with van der Waals surface area (Å²) in [5.74, 6) is 0. The molecule has 1 aromatic rings. The molecule has 7 heteroatoms. The van der Waals surface area contributed by atoms with Gasteiger partial charge in [0.15, 0.2) is 0 Å². The van der Waals surface area contributed by atoms with E-state index in [1.54, 1.807) is 7.11 Å². The Hall–Kier alpha value is -1.05. The van der Waals surface area contributed by atoms with E-state index in [9.17, 15) is 13.2 Å². The lowest BCUT2D eigenvalue weighted by atomic mass is 10.4. The van der Waals surface area contributed by atoms with E-state index in [2.05, 4.69) is 10.1 Å². The van der Waals surface area contributed by atoms with Crippen LogP contribution in [0.25, 0.3) is 0 Å². The Balaban J connectivity index is 2.18. The van der Waals surface area contributed by atoms with Gasteiger partial charge in [0, 0.05) is 45.2 Å². The Bertz CT molecular complexity index is 367. The number of nitrogens with zero attached hydrogens (tertiary/aromatic N) is 1. The third-order valence-corrected chi connectivity index (χ3v) is 2.67. The predicted octanol–water partition coefficient (Wildman–Crippen LogP) is 2.19. The van der Waals surface area contributed by atoms with E-state index >= 15 is 0 Å². The fourth-order valence-electron chi connectivity index (χ4n) is 1.74. The molecule has 0 atom stereocenters. The zero-order valence-corrected chi connectivity index (χ0v) is 11.6. The Morgan fingerprint density at radius 1 is 1.30 bits per heavy atom. The standard InChI is InChI=1S/C13H21F3N2O2/c1-19-9-5-17-10-12-4-2-6-18(12)7-3-8-20-11-13(14,15)16/h2,4,6,17H,3,5,7-11H2,1H3. The smallest absolute Gasteiger partial charge is 0.383 e. The number of methoxy groups -OCH3 is 1. The maximum atomic E-state index is 11.9. The molecule has 20 heavy (non-hydrogen) atoms. The van der Waals surface area contributed by atoms with Gasteiger partial charge in [0.25, 0.3) is 0 Å². The molecule has 0 bridgehead atoms. The highest BCUT2D eigenvalue weighted by atomic mass is 19.4. The van der Waals surface area contributed by atoms with Crippen molar-refractivity contribution >= 4 is 0 Å². The second kappa shape index (κ2) is 8.99. The first-order valence-corrected chi connectivity index (χ1v) is 6.51. The van der Waals surface area contributed by atoms with E-state index in [0.717, 1.165) is 12.2 Å². The highest BCUT2D eigenvalue weighted by Gasteiger charge is 2.27. The summed E-state index contributed by atoms with van der Waals surface area (Å²) in [5.41, 5.74) is 1.09. The van der Waals surface area contributed by atoms with Crippen LogP contribution in [-0.2, 0) is 22.6 Å². The molecule has 0 saturated carbocycles. The van der Waals surface area contributed by atoms with Crippen LogP contribution in [0.2, 0.25) is 0 Å². The molecule has 1 rings (SSSR count). The molecule has 0 unspecified atom stereocenters. The lowest BCUT2D eigenvalue weighted by Gasteiger charge is -2.11. The van der Waals surface area contributed by atoms with Gasteiger partial charge in [0.2, 0.25) is 0 Å². The number of alkyl halides is 3.